The molecular weight excluding hydrogens is 498 g/mol. The number of anilines is 1. The molecule has 12 heteroatoms. The summed E-state index contributed by atoms with van der Waals surface area (Å²) in [5.74, 6) is 1.09. The first-order valence-corrected chi connectivity index (χ1v) is 12.6. The fourth-order valence-electron chi connectivity index (χ4n) is 4.41. The number of carbonyl (C=O) groups excluding carboxylic acids is 1. The second-order valence-corrected chi connectivity index (χ2v) is 9.91. The first-order chi connectivity index (χ1) is 18.3. The maximum atomic E-state index is 12.3. The van der Waals surface area contributed by atoms with Crippen molar-refractivity contribution >= 4 is 11.9 Å². The number of rotatable bonds is 9. The smallest absolute Gasteiger partial charge is 0.261 e. The molecule has 2 atom stereocenters. The van der Waals surface area contributed by atoms with E-state index < -0.39 is 5.41 Å². The van der Waals surface area contributed by atoms with E-state index in [0.717, 1.165) is 36.3 Å². The molecule has 0 aliphatic carbocycles. The zero-order chi connectivity index (χ0) is 26.7. The molecule has 0 saturated carbocycles. The molecular formula is C27H35N9O3. The molecule has 3 N–H and O–H groups in total. The highest BCUT2D eigenvalue weighted by Gasteiger charge is 2.38. The van der Waals surface area contributed by atoms with Gasteiger partial charge in [-0.3, -0.25) is 14.5 Å². The van der Waals surface area contributed by atoms with E-state index in [1.54, 1.807) is 29.5 Å². The molecule has 1 fully saturated rings. The van der Waals surface area contributed by atoms with E-state index >= 15 is 0 Å². The predicted octanol–water partition coefficient (Wildman–Crippen LogP) is 3.26. The molecule has 39 heavy (non-hydrogen) atoms. The normalized spacial score (nSPS) is 16.6. The van der Waals surface area contributed by atoms with E-state index in [1.165, 1.54) is 0 Å². The van der Waals surface area contributed by atoms with Crippen molar-refractivity contribution in [1.29, 1.82) is 0 Å². The SMILES string of the molecule is C.CC(C)[C@](C)(c1ccc(-c2cnc(N)nc2)nc1)c1noc(-c2cnn(CC(=O)NCC3CCCO3)c2)n1. The standard InChI is InChI=1S/C26H31N9O3.CH4/c1-16(2)26(3,19-6-7-21(28-12-19)17-9-30-25(27)31-10-17)24-33-23(38-34-24)18-11-32-35(14-18)15-22(36)29-13-20-5-4-8-37-20;/h6-7,9-12,14,16,20H,4-5,8,13,15H2,1-3H3,(H,29,36)(H2,27,30,31);1H4/t20?,26-;/m1./s1. The summed E-state index contributed by atoms with van der Waals surface area (Å²) in [5, 5.41) is 11.5. The predicted molar refractivity (Wildman–Crippen MR) is 145 cm³/mol. The second-order valence-electron chi connectivity index (χ2n) is 9.91. The Hall–Kier alpha value is -4.19. The fourth-order valence-corrected chi connectivity index (χ4v) is 4.41. The zero-order valence-corrected chi connectivity index (χ0v) is 21.7. The number of aromatic nitrogens is 7. The molecule has 5 rings (SSSR count). The van der Waals surface area contributed by atoms with Crippen molar-refractivity contribution in [2.24, 2.45) is 5.92 Å². The molecule has 1 aliphatic rings. The van der Waals surface area contributed by atoms with E-state index in [1.807, 2.05) is 18.3 Å². The fraction of sp³-hybridized carbons (Fsp3) is 0.444. The Balaban J connectivity index is 0.00000353. The quantitative estimate of drug-likeness (QED) is 0.327. The van der Waals surface area contributed by atoms with Crippen molar-refractivity contribution in [3.05, 3.63) is 54.5 Å². The van der Waals surface area contributed by atoms with Gasteiger partial charge in [0.1, 0.15) is 6.54 Å². The van der Waals surface area contributed by atoms with Crippen molar-refractivity contribution in [2.45, 2.75) is 59.1 Å². The third-order valence-corrected chi connectivity index (χ3v) is 7.11. The van der Waals surface area contributed by atoms with Gasteiger partial charge in [-0.15, -0.1) is 0 Å². The van der Waals surface area contributed by atoms with Crippen LogP contribution >= 0.6 is 0 Å². The maximum absolute atomic E-state index is 12.3. The van der Waals surface area contributed by atoms with Crippen molar-refractivity contribution in [3.63, 3.8) is 0 Å². The molecule has 0 aromatic carbocycles. The molecule has 1 saturated heterocycles. The second kappa shape index (κ2) is 11.7. The minimum Gasteiger partial charge on any atom is -0.376 e. The van der Waals surface area contributed by atoms with Gasteiger partial charge in [0.05, 0.1) is 29.0 Å². The van der Waals surface area contributed by atoms with Gasteiger partial charge in [-0.1, -0.05) is 32.5 Å². The van der Waals surface area contributed by atoms with E-state index in [2.05, 4.69) is 51.3 Å². The van der Waals surface area contributed by atoms with Gasteiger partial charge in [0.15, 0.2) is 5.82 Å². The van der Waals surface area contributed by atoms with E-state index in [-0.39, 0.29) is 37.8 Å². The Morgan fingerprint density at radius 1 is 1.18 bits per heavy atom. The Morgan fingerprint density at radius 3 is 2.64 bits per heavy atom. The largest absolute Gasteiger partial charge is 0.376 e. The van der Waals surface area contributed by atoms with E-state index in [0.29, 0.717) is 23.8 Å². The minimum atomic E-state index is -0.566. The number of nitrogens with one attached hydrogen (secondary N) is 1. The van der Waals surface area contributed by atoms with Crippen LogP contribution in [0.2, 0.25) is 0 Å². The third kappa shape index (κ3) is 5.95. The van der Waals surface area contributed by atoms with Crippen LogP contribution in [0.15, 0.2) is 47.6 Å². The third-order valence-electron chi connectivity index (χ3n) is 7.11. The van der Waals surface area contributed by atoms with Crippen LogP contribution in [0.3, 0.4) is 0 Å². The lowest BCUT2D eigenvalue weighted by Crippen LogP contribution is -2.34. The molecule has 0 radical (unpaired) electrons. The summed E-state index contributed by atoms with van der Waals surface area (Å²) in [7, 11) is 0. The van der Waals surface area contributed by atoms with Crippen LogP contribution in [0.25, 0.3) is 22.7 Å². The molecule has 1 amide bonds. The number of hydrogen-bond acceptors (Lipinski definition) is 10. The van der Waals surface area contributed by atoms with Gasteiger partial charge in [0.2, 0.25) is 11.9 Å². The first kappa shape index (κ1) is 27.8. The number of pyridine rings is 1. The van der Waals surface area contributed by atoms with Gasteiger partial charge in [-0.05, 0) is 37.3 Å². The van der Waals surface area contributed by atoms with Gasteiger partial charge >= 0.3 is 0 Å². The van der Waals surface area contributed by atoms with Crippen LogP contribution in [0, 0.1) is 5.92 Å². The summed E-state index contributed by atoms with van der Waals surface area (Å²) in [6.07, 6.45) is 10.5. The molecule has 0 spiro atoms. The Morgan fingerprint density at radius 2 is 1.97 bits per heavy atom. The highest BCUT2D eigenvalue weighted by molar-refractivity contribution is 5.75. The number of nitrogen functional groups attached to an aromatic ring is 1. The number of nitrogens with two attached hydrogens (primary N) is 1. The van der Waals surface area contributed by atoms with E-state index in [4.69, 9.17) is 20.0 Å². The number of carbonyl (C=O) groups is 1. The molecule has 0 bridgehead atoms. The number of nitrogens with zero attached hydrogens (tertiary/aromatic N) is 7. The van der Waals surface area contributed by atoms with Crippen LogP contribution in [0.4, 0.5) is 5.95 Å². The summed E-state index contributed by atoms with van der Waals surface area (Å²) in [6, 6.07) is 3.92. The minimum absolute atomic E-state index is 0. The number of hydrogen-bond donors (Lipinski definition) is 2. The molecule has 206 valence electrons. The monoisotopic (exact) mass is 533 g/mol. The number of amides is 1. The van der Waals surface area contributed by atoms with Gasteiger partial charge < -0.3 is 20.3 Å². The van der Waals surface area contributed by atoms with Crippen molar-refractivity contribution in [3.8, 4) is 22.7 Å². The van der Waals surface area contributed by atoms with Gasteiger partial charge in [-0.25, -0.2) is 9.97 Å². The maximum Gasteiger partial charge on any atom is 0.261 e. The molecule has 1 unspecified atom stereocenters. The molecule has 4 aromatic heterocycles. The first-order valence-electron chi connectivity index (χ1n) is 12.6. The number of ether oxygens (including phenoxy) is 1. The molecule has 4 aromatic rings. The Kier molecular flexibility index (Phi) is 8.34. The van der Waals surface area contributed by atoms with Crippen LogP contribution in [-0.4, -0.2) is 60.0 Å². The van der Waals surface area contributed by atoms with Crippen LogP contribution in [0.5, 0.6) is 0 Å². The molecule has 12 nitrogen and oxygen atoms in total. The van der Waals surface area contributed by atoms with Gasteiger partial charge in [0, 0.05) is 43.5 Å². The summed E-state index contributed by atoms with van der Waals surface area (Å²) < 4.78 is 12.7. The highest BCUT2D eigenvalue weighted by Crippen LogP contribution is 2.38. The lowest BCUT2D eigenvalue weighted by molar-refractivity contribution is -0.122. The highest BCUT2D eigenvalue weighted by atomic mass is 16.5. The van der Waals surface area contributed by atoms with E-state index in [9.17, 15) is 4.79 Å². The van der Waals surface area contributed by atoms with Crippen molar-refractivity contribution in [1.82, 2.24) is 40.2 Å². The lowest BCUT2D eigenvalue weighted by atomic mass is 9.73. The van der Waals surface area contributed by atoms with Crippen molar-refractivity contribution in [2.75, 3.05) is 18.9 Å². The van der Waals surface area contributed by atoms with Crippen LogP contribution < -0.4 is 11.1 Å². The lowest BCUT2D eigenvalue weighted by Gasteiger charge is -2.30. The Labute approximate surface area is 227 Å². The molecule has 5 heterocycles. The Bertz CT molecular complexity index is 1380. The molecule has 1 aliphatic heterocycles. The summed E-state index contributed by atoms with van der Waals surface area (Å²) in [5.41, 5.74) is 8.12. The average Bonchev–Trinajstić information content (AvgIpc) is 3.70. The summed E-state index contributed by atoms with van der Waals surface area (Å²) in [4.78, 5) is 29.7. The van der Waals surface area contributed by atoms with Gasteiger partial charge in [0.25, 0.3) is 5.89 Å². The summed E-state index contributed by atoms with van der Waals surface area (Å²) >= 11 is 0. The van der Waals surface area contributed by atoms with Crippen LogP contribution in [0.1, 0.15) is 52.4 Å². The van der Waals surface area contributed by atoms with Crippen molar-refractivity contribution < 1.29 is 14.1 Å². The summed E-state index contributed by atoms with van der Waals surface area (Å²) in [6.45, 7) is 7.63. The van der Waals surface area contributed by atoms with Crippen LogP contribution in [-0.2, 0) is 21.5 Å². The zero-order valence-electron chi connectivity index (χ0n) is 21.7. The van der Waals surface area contributed by atoms with Gasteiger partial charge in [-0.2, -0.15) is 10.1 Å². The average molecular weight is 534 g/mol. The topological polar surface area (TPSA) is 160 Å².